The molecule has 0 saturated heterocycles. The van der Waals surface area contributed by atoms with E-state index in [-0.39, 0.29) is 17.4 Å². The second-order valence-corrected chi connectivity index (χ2v) is 6.04. The van der Waals surface area contributed by atoms with Gasteiger partial charge in [-0.2, -0.15) is 0 Å². The van der Waals surface area contributed by atoms with Gasteiger partial charge in [-0.1, -0.05) is 65.1 Å². The molecule has 2 aromatic carbocycles. The lowest BCUT2D eigenvalue weighted by molar-refractivity contribution is -0.119. The van der Waals surface area contributed by atoms with Gasteiger partial charge in [0.2, 0.25) is 5.91 Å². The summed E-state index contributed by atoms with van der Waals surface area (Å²) in [6.45, 7) is 0. The molecule has 0 aliphatic heterocycles. The highest BCUT2D eigenvalue weighted by molar-refractivity contribution is 7.80. The maximum atomic E-state index is 11.9. The van der Waals surface area contributed by atoms with Gasteiger partial charge in [0.05, 0.1) is 27.2 Å². The van der Waals surface area contributed by atoms with Crippen molar-refractivity contribution in [1.29, 1.82) is 0 Å². The van der Waals surface area contributed by atoms with Gasteiger partial charge in [-0.15, -0.1) is 0 Å². The average Bonchev–Trinajstić information content (AvgIpc) is 2.45. The first-order valence-electron chi connectivity index (χ1n) is 6.25. The third-order valence-corrected chi connectivity index (χ3v) is 3.96. The van der Waals surface area contributed by atoms with Gasteiger partial charge in [0.15, 0.2) is 5.11 Å². The van der Waals surface area contributed by atoms with Crippen LogP contribution in [0.4, 0.5) is 5.69 Å². The zero-order valence-corrected chi connectivity index (χ0v) is 14.3. The fraction of sp³-hybridized carbons (Fsp3) is 0.0667. The quantitative estimate of drug-likeness (QED) is 0.605. The summed E-state index contributed by atoms with van der Waals surface area (Å²) in [7, 11) is 0. The highest BCUT2D eigenvalue weighted by atomic mass is 35.5. The van der Waals surface area contributed by atoms with Crippen LogP contribution in [0.25, 0.3) is 0 Å². The van der Waals surface area contributed by atoms with Crippen LogP contribution in [-0.2, 0) is 11.2 Å². The van der Waals surface area contributed by atoms with Crippen LogP contribution in [0.15, 0.2) is 42.5 Å². The minimum atomic E-state index is -0.222. The number of hydrogen-bond acceptors (Lipinski definition) is 2. The molecule has 0 aliphatic carbocycles. The van der Waals surface area contributed by atoms with Gasteiger partial charge in [0.1, 0.15) is 0 Å². The second-order valence-electron chi connectivity index (χ2n) is 4.41. The molecule has 2 N–H and O–H groups in total. The predicted molar refractivity (Wildman–Crippen MR) is 96.0 cm³/mol. The summed E-state index contributed by atoms with van der Waals surface area (Å²) >= 11 is 22.9. The Morgan fingerprint density at radius 2 is 1.64 bits per heavy atom. The van der Waals surface area contributed by atoms with E-state index in [1.807, 2.05) is 30.3 Å². The molecule has 0 unspecified atom stereocenters. The summed E-state index contributed by atoms with van der Waals surface area (Å²) in [6.07, 6.45) is 0.234. The maximum absolute atomic E-state index is 11.9. The van der Waals surface area contributed by atoms with E-state index < -0.39 is 0 Å². The molecular weight excluding hydrogens is 363 g/mol. The van der Waals surface area contributed by atoms with Gasteiger partial charge >= 0.3 is 0 Å². The molecule has 0 aromatic heterocycles. The Balaban J connectivity index is 1.96. The molecule has 0 fully saturated rings. The van der Waals surface area contributed by atoms with E-state index in [1.165, 1.54) is 6.07 Å². The summed E-state index contributed by atoms with van der Waals surface area (Å²) in [6, 6.07) is 12.4. The SMILES string of the molecule is O=C(Cc1ccccc1)NC(=S)Nc1cc(Cl)c(Cl)cc1Cl. The smallest absolute Gasteiger partial charge is 0.230 e. The largest absolute Gasteiger partial charge is 0.331 e. The Labute approximate surface area is 148 Å². The lowest BCUT2D eigenvalue weighted by atomic mass is 10.1. The van der Waals surface area contributed by atoms with E-state index >= 15 is 0 Å². The molecule has 0 heterocycles. The van der Waals surface area contributed by atoms with Crippen LogP contribution in [0.5, 0.6) is 0 Å². The van der Waals surface area contributed by atoms with Crippen LogP contribution < -0.4 is 10.6 Å². The topological polar surface area (TPSA) is 41.1 Å². The lowest BCUT2D eigenvalue weighted by Gasteiger charge is -2.12. The minimum Gasteiger partial charge on any atom is -0.331 e. The van der Waals surface area contributed by atoms with E-state index in [4.69, 9.17) is 47.0 Å². The van der Waals surface area contributed by atoms with Crippen molar-refractivity contribution < 1.29 is 4.79 Å². The third-order valence-electron chi connectivity index (χ3n) is 2.72. The van der Waals surface area contributed by atoms with Gasteiger partial charge in [-0.05, 0) is 29.9 Å². The molecule has 22 heavy (non-hydrogen) atoms. The van der Waals surface area contributed by atoms with E-state index in [1.54, 1.807) is 6.07 Å². The molecule has 0 aliphatic rings. The van der Waals surface area contributed by atoms with Crippen molar-refractivity contribution >= 4 is 63.7 Å². The third kappa shape index (κ3) is 4.85. The number of carbonyl (C=O) groups is 1. The fourth-order valence-corrected chi connectivity index (χ4v) is 2.54. The van der Waals surface area contributed by atoms with Crippen molar-refractivity contribution in [2.45, 2.75) is 6.42 Å². The first-order chi connectivity index (χ1) is 10.5. The van der Waals surface area contributed by atoms with Crippen LogP contribution in [0, 0.1) is 0 Å². The number of anilines is 1. The van der Waals surface area contributed by atoms with Crippen molar-refractivity contribution in [2.75, 3.05) is 5.32 Å². The molecule has 2 aromatic rings. The molecule has 3 nitrogen and oxygen atoms in total. The Morgan fingerprint density at radius 3 is 2.32 bits per heavy atom. The minimum absolute atomic E-state index is 0.140. The maximum Gasteiger partial charge on any atom is 0.230 e. The molecule has 114 valence electrons. The Hall–Kier alpha value is -1.33. The van der Waals surface area contributed by atoms with Gasteiger partial charge in [0, 0.05) is 0 Å². The van der Waals surface area contributed by atoms with Crippen molar-refractivity contribution in [3.8, 4) is 0 Å². The van der Waals surface area contributed by atoms with Crippen molar-refractivity contribution in [2.24, 2.45) is 0 Å². The number of benzene rings is 2. The zero-order chi connectivity index (χ0) is 16.1. The van der Waals surface area contributed by atoms with Gasteiger partial charge < -0.3 is 10.6 Å². The molecule has 0 spiro atoms. The molecule has 0 atom stereocenters. The fourth-order valence-electron chi connectivity index (χ4n) is 1.72. The zero-order valence-electron chi connectivity index (χ0n) is 11.2. The molecule has 7 heteroatoms. The van der Waals surface area contributed by atoms with Crippen molar-refractivity contribution in [3.05, 3.63) is 63.1 Å². The first-order valence-corrected chi connectivity index (χ1v) is 7.79. The van der Waals surface area contributed by atoms with E-state index in [9.17, 15) is 4.79 Å². The highest BCUT2D eigenvalue weighted by Crippen LogP contribution is 2.32. The van der Waals surface area contributed by atoms with Gasteiger partial charge in [-0.25, -0.2) is 0 Å². The predicted octanol–water partition coefficient (Wildman–Crippen LogP) is 4.70. The Morgan fingerprint density at radius 1 is 1.00 bits per heavy atom. The number of halogens is 3. The first kappa shape index (κ1) is 17.0. The molecule has 0 saturated carbocycles. The van der Waals surface area contributed by atoms with E-state index in [0.29, 0.717) is 20.8 Å². The number of thiocarbonyl (C=S) groups is 1. The van der Waals surface area contributed by atoms with E-state index in [0.717, 1.165) is 5.56 Å². The molecule has 0 bridgehead atoms. The standard InChI is InChI=1S/C15H11Cl3N2OS/c16-10-7-12(18)13(8-11(10)17)19-15(22)20-14(21)6-9-4-2-1-3-5-9/h1-5,7-8H,6H2,(H2,19,20,21,22). The molecule has 2 rings (SSSR count). The average molecular weight is 374 g/mol. The number of amides is 1. The molecule has 1 amide bonds. The number of nitrogens with one attached hydrogen (secondary N) is 2. The Kier molecular flexibility index (Phi) is 6.03. The monoisotopic (exact) mass is 372 g/mol. The number of carbonyl (C=O) groups excluding carboxylic acids is 1. The van der Waals surface area contributed by atoms with Gasteiger partial charge in [0.25, 0.3) is 0 Å². The van der Waals surface area contributed by atoms with Crippen molar-refractivity contribution in [1.82, 2.24) is 5.32 Å². The lowest BCUT2D eigenvalue weighted by Crippen LogP contribution is -2.35. The normalized spacial score (nSPS) is 10.1. The number of rotatable bonds is 3. The summed E-state index contributed by atoms with van der Waals surface area (Å²) in [5.74, 6) is -0.222. The van der Waals surface area contributed by atoms with Crippen LogP contribution in [0.1, 0.15) is 5.56 Å². The van der Waals surface area contributed by atoms with Crippen LogP contribution in [0.2, 0.25) is 15.1 Å². The summed E-state index contributed by atoms with van der Waals surface area (Å²) in [5, 5.41) is 6.58. The second kappa shape index (κ2) is 7.79. The van der Waals surface area contributed by atoms with Crippen LogP contribution >= 0.6 is 47.0 Å². The van der Waals surface area contributed by atoms with Crippen LogP contribution in [-0.4, -0.2) is 11.0 Å². The van der Waals surface area contributed by atoms with Crippen molar-refractivity contribution in [3.63, 3.8) is 0 Å². The molecule has 0 radical (unpaired) electrons. The molecular formula is C15H11Cl3N2OS. The highest BCUT2D eigenvalue weighted by Gasteiger charge is 2.10. The van der Waals surface area contributed by atoms with Gasteiger partial charge in [-0.3, -0.25) is 4.79 Å². The van der Waals surface area contributed by atoms with E-state index in [2.05, 4.69) is 10.6 Å². The summed E-state index contributed by atoms with van der Waals surface area (Å²) < 4.78 is 0. The van der Waals surface area contributed by atoms with Crippen LogP contribution in [0.3, 0.4) is 0 Å². The summed E-state index contributed by atoms with van der Waals surface area (Å²) in [4.78, 5) is 11.9. The Bertz CT molecular complexity index is 707. The summed E-state index contributed by atoms with van der Waals surface area (Å²) in [5.41, 5.74) is 1.37. The number of hydrogen-bond donors (Lipinski definition) is 2.